The standard InChI is InChI=1S/C25H28BO2/c1-23(2)19-14-10-9-13-18(19)21-20(23)15-16-11-7-8-12-17(16)22(21)26-28-25(5,6)24(3,4)27/h7-15,27H,1-6H3. The minimum absolute atomic E-state index is 0.0652. The normalized spacial score (nSPS) is 15.4. The molecule has 0 saturated heterocycles. The van der Waals surface area contributed by atoms with Crippen LogP contribution in [0, 0.1) is 0 Å². The summed E-state index contributed by atoms with van der Waals surface area (Å²) in [5.74, 6) is 0. The second-order valence-corrected chi connectivity index (χ2v) is 9.41. The maximum Gasteiger partial charge on any atom is 0.332 e. The fraction of sp³-hybridized carbons (Fsp3) is 0.360. The van der Waals surface area contributed by atoms with Gasteiger partial charge in [0.1, 0.15) is 0 Å². The molecular weight excluding hydrogens is 343 g/mol. The zero-order valence-electron chi connectivity index (χ0n) is 17.6. The van der Waals surface area contributed by atoms with Crippen LogP contribution in [0.15, 0.2) is 54.6 Å². The molecule has 143 valence electrons. The van der Waals surface area contributed by atoms with Crippen LogP contribution in [0.3, 0.4) is 0 Å². The van der Waals surface area contributed by atoms with Crippen molar-refractivity contribution in [2.24, 2.45) is 0 Å². The van der Waals surface area contributed by atoms with Crippen molar-refractivity contribution >= 4 is 23.7 Å². The van der Waals surface area contributed by atoms with Gasteiger partial charge in [-0.25, -0.2) is 0 Å². The van der Waals surface area contributed by atoms with Crippen molar-refractivity contribution in [3.8, 4) is 11.1 Å². The summed E-state index contributed by atoms with van der Waals surface area (Å²) < 4.78 is 6.22. The number of hydrogen-bond donors (Lipinski definition) is 1. The molecule has 0 bridgehead atoms. The molecule has 0 fully saturated rings. The van der Waals surface area contributed by atoms with E-state index in [1.54, 1.807) is 13.8 Å². The van der Waals surface area contributed by atoms with E-state index in [1.807, 2.05) is 21.3 Å². The molecule has 28 heavy (non-hydrogen) atoms. The van der Waals surface area contributed by atoms with Crippen molar-refractivity contribution < 1.29 is 9.76 Å². The average molecular weight is 371 g/mol. The number of benzene rings is 3. The third-order valence-electron chi connectivity index (χ3n) is 6.58. The van der Waals surface area contributed by atoms with Crippen LogP contribution in [0.1, 0.15) is 52.7 Å². The van der Waals surface area contributed by atoms with Gasteiger partial charge in [-0.2, -0.15) is 0 Å². The topological polar surface area (TPSA) is 29.5 Å². The van der Waals surface area contributed by atoms with E-state index in [0.717, 1.165) is 5.46 Å². The molecule has 0 spiro atoms. The Bertz CT molecular complexity index is 1060. The summed E-state index contributed by atoms with van der Waals surface area (Å²) in [5.41, 5.74) is 4.52. The molecule has 4 rings (SSSR count). The Labute approximate surface area is 168 Å². The SMILES string of the molecule is CC1(C)c2ccccc2-c2c1cc1ccccc1c2[B]OC(C)(C)C(C)(C)O. The second kappa shape index (κ2) is 6.20. The fourth-order valence-corrected chi connectivity index (χ4v) is 4.02. The Morgan fingerprint density at radius 1 is 0.893 bits per heavy atom. The number of fused-ring (bicyclic) bond motifs is 4. The lowest BCUT2D eigenvalue weighted by Gasteiger charge is -2.37. The van der Waals surface area contributed by atoms with Gasteiger partial charge in [0.25, 0.3) is 0 Å². The van der Waals surface area contributed by atoms with E-state index in [2.05, 4.69) is 68.4 Å². The first kappa shape index (κ1) is 19.2. The van der Waals surface area contributed by atoms with Crippen molar-refractivity contribution in [1.29, 1.82) is 0 Å². The predicted molar refractivity (Wildman–Crippen MR) is 118 cm³/mol. The van der Waals surface area contributed by atoms with Crippen molar-refractivity contribution in [3.05, 3.63) is 65.7 Å². The molecule has 0 aliphatic heterocycles. The van der Waals surface area contributed by atoms with Gasteiger partial charge in [-0.15, -0.1) is 0 Å². The smallest absolute Gasteiger partial charge is 0.332 e. The Morgan fingerprint density at radius 2 is 1.54 bits per heavy atom. The highest BCUT2D eigenvalue weighted by atomic mass is 16.5. The van der Waals surface area contributed by atoms with E-state index in [4.69, 9.17) is 4.65 Å². The van der Waals surface area contributed by atoms with Crippen LogP contribution < -0.4 is 5.46 Å². The number of hydrogen-bond acceptors (Lipinski definition) is 2. The largest absolute Gasteiger partial charge is 0.427 e. The molecule has 3 heteroatoms. The Morgan fingerprint density at radius 3 is 2.25 bits per heavy atom. The molecule has 1 N–H and O–H groups in total. The van der Waals surface area contributed by atoms with E-state index in [-0.39, 0.29) is 5.41 Å². The van der Waals surface area contributed by atoms with E-state index in [1.165, 1.54) is 33.0 Å². The van der Waals surface area contributed by atoms with Crippen LogP contribution in [0.2, 0.25) is 0 Å². The molecular formula is C25H28BO2. The molecule has 1 radical (unpaired) electrons. The van der Waals surface area contributed by atoms with Gasteiger partial charge >= 0.3 is 7.48 Å². The van der Waals surface area contributed by atoms with Crippen LogP contribution in [0.25, 0.3) is 21.9 Å². The van der Waals surface area contributed by atoms with Gasteiger partial charge in [0.15, 0.2) is 0 Å². The van der Waals surface area contributed by atoms with Crippen molar-refractivity contribution in [1.82, 2.24) is 0 Å². The first-order valence-corrected chi connectivity index (χ1v) is 9.93. The lowest BCUT2D eigenvalue weighted by Crippen LogP contribution is -2.49. The average Bonchev–Trinajstić information content (AvgIpc) is 2.86. The summed E-state index contributed by atoms with van der Waals surface area (Å²) in [6, 6.07) is 19.4. The maximum absolute atomic E-state index is 10.5. The summed E-state index contributed by atoms with van der Waals surface area (Å²) in [4.78, 5) is 0. The summed E-state index contributed by atoms with van der Waals surface area (Å²) in [5, 5.41) is 12.9. The Kier molecular flexibility index (Phi) is 4.26. The highest BCUT2D eigenvalue weighted by molar-refractivity contribution is 6.54. The Balaban J connectivity index is 1.95. The highest BCUT2D eigenvalue weighted by Gasteiger charge is 2.39. The number of rotatable bonds is 4. The summed E-state index contributed by atoms with van der Waals surface area (Å²) in [7, 11) is 1.86. The molecule has 0 amide bonds. The summed E-state index contributed by atoms with van der Waals surface area (Å²) in [6.07, 6.45) is 0. The van der Waals surface area contributed by atoms with Crippen LogP contribution in [-0.2, 0) is 10.1 Å². The van der Waals surface area contributed by atoms with Crippen molar-refractivity contribution in [2.45, 2.75) is 58.2 Å². The molecule has 2 nitrogen and oxygen atoms in total. The van der Waals surface area contributed by atoms with Crippen molar-refractivity contribution in [3.63, 3.8) is 0 Å². The second-order valence-electron chi connectivity index (χ2n) is 9.41. The third-order valence-corrected chi connectivity index (χ3v) is 6.58. The van der Waals surface area contributed by atoms with Crippen LogP contribution in [0.4, 0.5) is 0 Å². The number of aliphatic hydroxyl groups is 1. The molecule has 0 atom stereocenters. The zero-order chi connectivity index (χ0) is 20.3. The van der Waals surface area contributed by atoms with Gasteiger partial charge in [0, 0.05) is 5.41 Å². The minimum Gasteiger partial charge on any atom is -0.427 e. The molecule has 3 aromatic rings. The molecule has 3 aromatic carbocycles. The molecule has 1 aliphatic rings. The van der Waals surface area contributed by atoms with Gasteiger partial charge in [0.2, 0.25) is 0 Å². The quantitative estimate of drug-likeness (QED) is 0.657. The van der Waals surface area contributed by atoms with Crippen LogP contribution in [-0.4, -0.2) is 23.8 Å². The van der Waals surface area contributed by atoms with E-state index in [0.29, 0.717) is 0 Å². The van der Waals surface area contributed by atoms with E-state index >= 15 is 0 Å². The fourth-order valence-electron chi connectivity index (χ4n) is 4.02. The van der Waals surface area contributed by atoms with Gasteiger partial charge < -0.3 is 9.76 Å². The first-order chi connectivity index (χ1) is 13.0. The van der Waals surface area contributed by atoms with Gasteiger partial charge in [-0.05, 0) is 72.3 Å². The third kappa shape index (κ3) is 2.80. The molecule has 0 unspecified atom stereocenters. The van der Waals surface area contributed by atoms with Crippen molar-refractivity contribution in [2.75, 3.05) is 0 Å². The predicted octanol–water partition coefficient (Wildman–Crippen LogP) is 4.96. The lowest BCUT2D eigenvalue weighted by atomic mass is 9.74. The van der Waals surface area contributed by atoms with Gasteiger partial charge in [-0.1, -0.05) is 62.4 Å². The van der Waals surface area contributed by atoms with Crippen LogP contribution in [0.5, 0.6) is 0 Å². The Hall–Kier alpha value is -2.10. The monoisotopic (exact) mass is 371 g/mol. The minimum atomic E-state index is -0.964. The van der Waals surface area contributed by atoms with E-state index in [9.17, 15) is 5.11 Å². The highest BCUT2D eigenvalue weighted by Crippen LogP contribution is 2.48. The summed E-state index contributed by atoms with van der Waals surface area (Å²) in [6.45, 7) is 12.0. The lowest BCUT2D eigenvalue weighted by molar-refractivity contribution is -0.0892. The molecule has 0 aromatic heterocycles. The molecule has 0 saturated carbocycles. The molecule has 1 aliphatic carbocycles. The maximum atomic E-state index is 10.5. The van der Waals surface area contributed by atoms with E-state index < -0.39 is 11.2 Å². The molecule has 0 heterocycles. The first-order valence-electron chi connectivity index (χ1n) is 9.93. The zero-order valence-corrected chi connectivity index (χ0v) is 17.6. The van der Waals surface area contributed by atoms with Gasteiger partial charge in [0.05, 0.1) is 11.2 Å². The summed E-state index contributed by atoms with van der Waals surface area (Å²) >= 11 is 0. The van der Waals surface area contributed by atoms with Gasteiger partial charge in [-0.3, -0.25) is 0 Å². The van der Waals surface area contributed by atoms with Crippen LogP contribution >= 0.6 is 0 Å².